The molecule has 0 unspecified atom stereocenters. The fourth-order valence-electron chi connectivity index (χ4n) is 1.39. The van der Waals surface area contributed by atoms with E-state index in [0.29, 0.717) is 5.15 Å². The Morgan fingerprint density at radius 2 is 2.19 bits per heavy atom. The number of hydrogen-bond donors (Lipinski definition) is 0. The van der Waals surface area contributed by atoms with E-state index in [-0.39, 0.29) is 6.42 Å². The van der Waals surface area contributed by atoms with Gasteiger partial charge in [0.2, 0.25) is 0 Å². The maximum atomic E-state index is 8.66. The molecular formula is C12H8ClN3. The molecule has 16 heavy (non-hydrogen) atoms. The molecule has 0 amide bonds. The highest BCUT2D eigenvalue weighted by Gasteiger charge is 2.04. The van der Waals surface area contributed by atoms with Crippen molar-refractivity contribution in [2.24, 2.45) is 0 Å². The summed E-state index contributed by atoms with van der Waals surface area (Å²) in [6, 6.07) is 7.73. The molecule has 2 rings (SSSR count). The van der Waals surface area contributed by atoms with Gasteiger partial charge in [-0.3, -0.25) is 4.98 Å². The first-order valence-corrected chi connectivity index (χ1v) is 5.11. The fraction of sp³-hybridized carbons (Fsp3) is 0.0833. The van der Waals surface area contributed by atoms with Gasteiger partial charge < -0.3 is 0 Å². The van der Waals surface area contributed by atoms with Gasteiger partial charge in [0.1, 0.15) is 5.15 Å². The van der Waals surface area contributed by atoms with Crippen molar-refractivity contribution in [3.63, 3.8) is 0 Å². The van der Waals surface area contributed by atoms with Crippen LogP contribution in [0.5, 0.6) is 0 Å². The number of rotatable bonds is 2. The van der Waals surface area contributed by atoms with E-state index in [2.05, 4.69) is 16.0 Å². The molecule has 0 aliphatic heterocycles. The van der Waals surface area contributed by atoms with Crippen molar-refractivity contribution in [1.82, 2.24) is 9.97 Å². The van der Waals surface area contributed by atoms with Gasteiger partial charge in [-0.1, -0.05) is 17.7 Å². The number of nitrogens with zero attached hydrogens (tertiary/aromatic N) is 3. The molecular weight excluding hydrogens is 222 g/mol. The number of hydrogen-bond acceptors (Lipinski definition) is 3. The molecule has 4 heteroatoms. The number of aromatic nitrogens is 2. The van der Waals surface area contributed by atoms with Crippen LogP contribution in [0.3, 0.4) is 0 Å². The Morgan fingerprint density at radius 1 is 1.31 bits per heavy atom. The highest BCUT2D eigenvalue weighted by molar-refractivity contribution is 6.30. The largest absolute Gasteiger partial charge is 0.264 e. The van der Waals surface area contributed by atoms with Gasteiger partial charge in [0, 0.05) is 35.3 Å². The second kappa shape index (κ2) is 4.73. The first-order valence-electron chi connectivity index (χ1n) is 4.73. The molecule has 0 aromatic carbocycles. The standard InChI is InChI=1S/C12H8ClN3/c13-12-9(3-4-14)6-11(8-16-12)10-2-1-5-15-7-10/h1-2,5-8H,3H2. The minimum absolute atomic E-state index is 0.264. The third-order valence-electron chi connectivity index (χ3n) is 2.18. The molecule has 0 spiro atoms. The van der Waals surface area contributed by atoms with Gasteiger partial charge >= 0.3 is 0 Å². The van der Waals surface area contributed by atoms with E-state index in [1.54, 1.807) is 18.6 Å². The molecule has 0 radical (unpaired) electrons. The molecule has 0 N–H and O–H groups in total. The highest BCUT2D eigenvalue weighted by atomic mass is 35.5. The first kappa shape index (κ1) is 10.6. The van der Waals surface area contributed by atoms with Crippen LogP contribution in [0.4, 0.5) is 0 Å². The Balaban J connectivity index is 2.45. The summed E-state index contributed by atoms with van der Waals surface area (Å²) in [5.41, 5.74) is 2.62. The molecule has 0 saturated heterocycles. The van der Waals surface area contributed by atoms with Crippen LogP contribution in [0.15, 0.2) is 36.8 Å². The summed E-state index contributed by atoms with van der Waals surface area (Å²) in [6.45, 7) is 0. The van der Waals surface area contributed by atoms with E-state index in [1.165, 1.54) is 0 Å². The third-order valence-corrected chi connectivity index (χ3v) is 2.52. The van der Waals surface area contributed by atoms with Gasteiger partial charge in [0.15, 0.2) is 0 Å². The smallest absolute Gasteiger partial charge is 0.133 e. The van der Waals surface area contributed by atoms with Crippen LogP contribution < -0.4 is 0 Å². The average molecular weight is 230 g/mol. The van der Waals surface area contributed by atoms with Crippen LogP contribution in [0.2, 0.25) is 5.15 Å². The molecule has 0 atom stereocenters. The number of halogens is 1. The molecule has 2 heterocycles. The number of nitriles is 1. The molecule has 2 aromatic rings. The van der Waals surface area contributed by atoms with E-state index in [0.717, 1.165) is 16.7 Å². The summed E-state index contributed by atoms with van der Waals surface area (Å²) in [6.07, 6.45) is 5.41. The Bertz CT molecular complexity index is 532. The molecule has 3 nitrogen and oxygen atoms in total. The van der Waals surface area contributed by atoms with Gasteiger partial charge in [0.25, 0.3) is 0 Å². The Hall–Kier alpha value is -1.92. The fourth-order valence-corrected chi connectivity index (χ4v) is 1.56. The lowest BCUT2D eigenvalue weighted by atomic mass is 10.1. The van der Waals surface area contributed by atoms with Crippen molar-refractivity contribution in [3.05, 3.63) is 47.5 Å². The van der Waals surface area contributed by atoms with E-state index >= 15 is 0 Å². The van der Waals surface area contributed by atoms with Crippen LogP contribution in [0, 0.1) is 11.3 Å². The summed E-state index contributed by atoms with van der Waals surface area (Å²) in [5, 5.41) is 9.04. The minimum Gasteiger partial charge on any atom is -0.264 e. The van der Waals surface area contributed by atoms with Gasteiger partial charge in [-0.05, 0) is 12.1 Å². The number of pyridine rings is 2. The lowest BCUT2D eigenvalue weighted by Crippen LogP contribution is -1.89. The van der Waals surface area contributed by atoms with Gasteiger partial charge in [-0.15, -0.1) is 0 Å². The van der Waals surface area contributed by atoms with E-state index < -0.39 is 0 Å². The Kier molecular flexibility index (Phi) is 3.13. The zero-order chi connectivity index (χ0) is 11.4. The summed E-state index contributed by atoms with van der Waals surface area (Å²) in [4.78, 5) is 8.09. The normalized spacial score (nSPS) is 9.75. The molecule has 0 aliphatic rings. The van der Waals surface area contributed by atoms with E-state index in [9.17, 15) is 0 Å². The highest BCUT2D eigenvalue weighted by Crippen LogP contribution is 2.22. The van der Waals surface area contributed by atoms with Crippen molar-refractivity contribution in [2.75, 3.05) is 0 Å². The first-order chi connectivity index (χ1) is 7.81. The van der Waals surface area contributed by atoms with Crippen LogP contribution >= 0.6 is 11.6 Å². The quantitative estimate of drug-likeness (QED) is 0.744. The molecule has 78 valence electrons. The van der Waals surface area contributed by atoms with Gasteiger partial charge in [-0.25, -0.2) is 4.98 Å². The SMILES string of the molecule is N#CCc1cc(-c2cccnc2)cnc1Cl. The second-order valence-corrected chi connectivity index (χ2v) is 3.61. The molecule has 0 bridgehead atoms. The van der Waals surface area contributed by atoms with Crippen molar-refractivity contribution >= 4 is 11.6 Å². The van der Waals surface area contributed by atoms with Crippen molar-refractivity contribution in [1.29, 1.82) is 5.26 Å². The zero-order valence-electron chi connectivity index (χ0n) is 8.39. The van der Waals surface area contributed by atoms with Crippen LogP contribution in [-0.2, 0) is 6.42 Å². The lowest BCUT2D eigenvalue weighted by molar-refractivity contribution is 1.19. The van der Waals surface area contributed by atoms with E-state index in [4.69, 9.17) is 16.9 Å². The molecule has 2 aromatic heterocycles. The molecule has 0 saturated carbocycles. The summed E-state index contributed by atoms with van der Waals surface area (Å²) < 4.78 is 0. The lowest BCUT2D eigenvalue weighted by Gasteiger charge is -2.03. The Labute approximate surface area is 98.4 Å². The molecule has 0 fully saturated rings. The van der Waals surface area contributed by atoms with Crippen LogP contribution in [0.25, 0.3) is 11.1 Å². The van der Waals surface area contributed by atoms with Crippen molar-refractivity contribution in [2.45, 2.75) is 6.42 Å². The molecule has 0 aliphatic carbocycles. The van der Waals surface area contributed by atoms with E-state index in [1.807, 2.05) is 18.2 Å². The zero-order valence-corrected chi connectivity index (χ0v) is 9.15. The predicted octanol–water partition coefficient (Wildman–Crippen LogP) is 2.86. The third kappa shape index (κ3) is 2.18. The second-order valence-electron chi connectivity index (χ2n) is 3.25. The van der Waals surface area contributed by atoms with Gasteiger partial charge in [-0.2, -0.15) is 5.26 Å². The van der Waals surface area contributed by atoms with Crippen molar-refractivity contribution < 1.29 is 0 Å². The topological polar surface area (TPSA) is 49.6 Å². The predicted molar refractivity (Wildman–Crippen MR) is 61.8 cm³/mol. The minimum atomic E-state index is 0.264. The summed E-state index contributed by atoms with van der Waals surface area (Å²) >= 11 is 5.88. The van der Waals surface area contributed by atoms with Crippen LogP contribution in [0.1, 0.15) is 5.56 Å². The monoisotopic (exact) mass is 229 g/mol. The Morgan fingerprint density at radius 3 is 2.88 bits per heavy atom. The van der Waals surface area contributed by atoms with Gasteiger partial charge in [0.05, 0.1) is 12.5 Å². The van der Waals surface area contributed by atoms with Crippen molar-refractivity contribution in [3.8, 4) is 17.2 Å². The maximum absolute atomic E-state index is 8.66. The summed E-state index contributed by atoms with van der Waals surface area (Å²) in [5.74, 6) is 0. The van der Waals surface area contributed by atoms with Crippen LogP contribution in [-0.4, -0.2) is 9.97 Å². The maximum Gasteiger partial charge on any atom is 0.133 e. The summed E-state index contributed by atoms with van der Waals surface area (Å²) in [7, 11) is 0. The average Bonchev–Trinajstić information content (AvgIpc) is 2.33.